The van der Waals surface area contributed by atoms with Crippen LogP contribution < -0.4 is 10.0 Å². The van der Waals surface area contributed by atoms with Gasteiger partial charge in [-0.1, -0.05) is 0 Å². The number of amides is 1. The van der Waals surface area contributed by atoms with E-state index in [-0.39, 0.29) is 24.3 Å². The van der Waals surface area contributed by atoms with Crippen molar-refractivity contribution in [2.75, 3.05) is 25.4 Å². The molecule has 118 valence electrons. The molecule has 0 bridgehead atoms. The van der Waals surface area contributed by atoms with Crippen LogP contribution in [0.3, 0.4) is 0 Å². The Morgan fingerprint density at radius 1 is 1.43 bits per heavy atom. The van der Waals surface area contributed by atoms with Crippen molar-refractivity contribution in [2.45, 2.75) is 25.4 Å². The summed E-state index contributed by atoms with van der Waals surface area (Å²) in [4.78, 5) is 11.7. The van der Waals surface area contributed by atoms with Gasteiger partial charge in [-0.25, -0.2) is 13.1 Å². The van der Waals surface area contributed by atoms with Crippen LogP contribution in [0.1, 0.15) is 29.6 Å². The molecule has 0 spiro atoms. The second-order valence-electron chi connectivity index (χ2n) is 4.92. The van der Waals surface area contributed by atoms with Gasteiger partial charge in [0.2, 0.25) is 10.0 Å². The second kappa shape index (κ2) is 7.88. The molecule has 1 aliphatic heterocycles. The van der Waals surface area contributed by atoms with E-state index in [1.807, 2.05) is 0 Å². The van der Waals surface area contributed by atoms with Crippen molar-refractivity contribution in [1.82, 2.24) is 10.0 Å². The summed E-state index contributed by atoms with van der Waals surface area (Å²) in [6.07, 6.45) is 2.96. The van der Waals surface area contributed by atoms with Gasteiger partial charge in [-0.3, -0.25) is 4.79 Å². The summed E-state index contributed by atoms with van der Waals surface area (Å²) in [5.74, 6) is -0.377. The molecule has 2 N–H and O–H groups in total. The van der Waals surface area contributed by atoms with Crippen molar-refractivity contribution in [3.8, 4) is 0 Å². The number of hydrogen-bond acceptors (Lipinski definition) is 5. The summed E-state index contributed by atoms with van der Waals surface area (Å²) >= 11 is 1.43. The number of hydrogen-bond donors (Lipinski definition) is 2. The minimum atomic E-state index is -3.39. The predicted octanol–water partition coefficient (Wildman–Crippen LogP) is 0.966. The van der Waals surface area contributed by atoms with Crippen molar-refractivity contribution in [2.24, 2.45) is 0 Å². The lowest BCUT2D eigenvalue weighted by Crippen LogP contribution is -2.39. The van der Waals surface area contributed by atoms with Gasteiger partial charge in [-0.05, 0) is 30.7 Å². The molecule has 21 heavy (non-hydrogen) atoms. The molecule has 1 amide bonds. The van der Waals surface area contributed by atoms with Crippen molar-refractivity contribution in [3.05, 3.63) is 22.4 Å². The molecule has 0 saturated carbocycles. The van der Waals surface area contributed by atoms with Gasteiger partial charge in [-0.15, -0.1) is 0 Å². The molecule has 0 radical (unpaired) electrons. The van der Waals surface area contributed by atoms with E-state index in [0.717, 1.165) is 19.3 Å². The van der Waals surface area contributed by atoms with Crippen molar-refractivity contribution in [1.29, 1.82) is 0 Å². The van der Waals surface area contributed by atoms with Gasteiger partial charge in [-0.2, -0.15) is 11.3 Å². The molecule has 1 atom stereocenters. The molecular weight excluding hydrogens is 312 g/mol. The Hall–Kier alpha value is -0.960. The first-order chi connectivity index (χ1) is 10.1. The second-order valence-corrected chi connectivity index (χ2v) is 7.63. The minimum absolute atomic E-state index is 0.0334. The molecule has 0 aromatic carbocycles. The lowest BCUT2D eigenvalue weighted by Gasteiger charge is -2.22. The van der Waals surface area contributed by atoms with E-state index in [4.69, 9.17) is 4.74 Å². The summed E-state index contributed by atoms with van der Waals surface area (Å²) in [7, 11) is -3.39. The molecule has 1 aromatic heterocycles. The quantitative estimate of drug-likeness (QED) is 0.779. The van der Waals surface area contributed by atoms with Gasteiger partial charge in [0, 0.05) is 30.6 Å². The number of carbonyl (C=O) groups is 1. The zero-order valence-corrected chi connectivity index (χ0v) is 13.3. The standard InChI is InChI=1S/C13H20N2O4S2/c16-13(11-4-7-20-10-11)14-5-8-21(17,18)15-9-12-3-1-2-6-19-12/h4,7,10,12,15H,1-3,5-6,8-9H2,(H,14,16)/t12-/m1/s1. The lowest BCUT2D eigenvalue weighted by atomic mass is 10.1. The molecule has 1 saturated heterocycles. The fourth-order valence-corrected chi connectivity index (χ4v) is 3.65. The third kappa shape index (κ3) is 5.74. The third-order valence-corrected chi connectivity index (χ3v) is 5.28. The van der Waals surface area contributed by atoms with Crippen LogP contribution in [0.15, 0.2) is 16.8 Å². The SMILES string of the molecule is O=C(NCCS(=O)(=O)NC[C@H]1CCCCO1)c1ccsc1. The van der Waals surface area contributed by atoms with Crippen molar-refractivity contribution < 1.29 is 17.9 Å². The summed E-state index contributed by atoms with van der Waals surface area (Å²) in [5, 5.41) is 6.12. The highest BCUT2D eigenvalue weighted by Crippen LogP contribution is 2.11. The molecular formula is C13H20N2O4S2. The molecule has 0 unspecified atom stereocenters. The maximum atomic E-state index is 11.8. The smallest absolute Gasteiger partial charge is 0.252 e. The first kappa shape index (κ1) is 16.4. The topological polar surface area (TPSA) is 84.5 Å². The number of rotatable bonds is 7. The average Bonchev–Trinajstić information content (AvgIpc) is 3.00. The van der Waals surface area contributed by atoms with E-state index in [2.05, 4.69) is 10.0 Å². The maximum absolute atomic E-state index is 11.8. The van der Waals surface area contributed by atoms with Gasteiger partial charge in [0.05, 0.1) is 11.9 Å². The Morgan fingerprint density at radius 3 is 2.95 bits per heavy atom. The van der Waals surface area contributed by atoms with E-state index < -0.39 is 10.0 Å². The van der Waals surface area contributed by atoms with Gasteiger partial charge in [0.1, 0.15) is 0 Å². The normalized spacial score (nSPS) is 19.3. The Balaban J connectivity index is 1.67. The predicted molar refractivity (Wildman–Crippen MR) is 82.0 cm³/mol. The monoisotopic (exact) mass is 332 g/mol. The van der Waals surface area contributed by atoms with Gasteiger partial charge in [0.15, 0.2) is 0 Å². The van der Waals surface area contributed by atoms with Crippen molar-refractivity contribution in [3.63, 3.8) is 0 Å². The van der Waals surface area contributed by atoms with Gasteiger partial charge in [0.25, 0.3) is 5.91 Å². The highest BCUT2D eigenvalue weighted by molar-refractivity contribution is 7.89. The zero-order chi connectivity index (χ0) is 15.1. The van der Waals surface area contributed by atoms with Crippen LogP contribution in [-0.2, 0) is 14.8 Å². The largest absolute Gasteiger partial charge is 0.377 e. The summed E-state index contributed by atoms with van der Waals surface area (Å²) in [6, 6.07) is 1.70. The third-order valence-electron chi connectivity index (χ3n) is 3.24. The number of sulfonamides is 1. The van der Waals surface area contributed by atoms with Crippen LogP contribution in [-0.4, -0.2) is 45.9 Å². The molecule has 8 heteroatoms. The molecule has 1 aliphatic rings. The lowest BCUT2D eigenvalue weighted by molar-refractivity contribution is 0.0200. The summed E-state index contributed by atoms with van der Waals surface area (Å²) < 4.78 is 31.7. The Kier molecular flexibility index (Phi) is 6.16. The summed E-state index contributed by atoms with van der Waals surface area (Å²) in [6.45, 7) is 1.10. The number of carbonyl (C=O) groups excluding carboxylic acids is 1. The number of ether oxygens (including phenoxy) is 1. The Labute approximate surface area is 128 Å². The molecule has 1 fully saturated rings. The first-order valence-corrected chi connectivity index (χ1v) is 9.56. The van der Waals surface area contributed by atoms with Gasteiger partial charge < -0.3 is 10.1 Å². The van der Waals surface area contributed by atoms with Crippen LogP contribution in [0, 0.1) is 0 Å². The van der Waals surface area contributed by atoms with Gasteiger partial charge >= 0.3 is 0 Å². The average molecular weight is 332 g/mol. The highest BCUT2D eigenvalue weighted by Gasteiger charge is 2.17. The minimum Gasteiger partial charge on any atom is -0.377 e. The van der Waals surface area contributed by atoms with Crippen LogP contribution in [0.5, 0.6) is 0 Å². The molecule has 2 rings (SSSR count). The Morgan fingerprint density at radius 2 is 2.29 bits per heavy atom. The van der Waals surface area contributed by atoms with E-state index >= 15 is 0 Å². The highest BCUT2D eigenvalue weighted by atomic mass is 32.2. The zero-order valence-electron chi connectivity index (χ0n) is 11.7. The van der Waals surface area contributed by atoms with Crippen LogP contribution in [0.2, 0.25) is 0 Å². The van der Waals surface area contributed by atoms with Crippen LogP contribution >= 0.6 is 11.3 Å². The van der Waals surface area contributed by atoms with E-state index in [1.54, 1.807) is 16.8 Å². The first-order valence-electron chi connectivity index (χ1n) is 6.96. The van der Waals surface area contributed by atoms with Crippen LogP contribution in [0.25, 0.3) is 0 Å². The molecule has 1 aromatic rings. The molecule has 6 nitrogen and oxygen atoms in total. The fraction of sp³-hybridized carbons (Fsp3) is 0.615. The Bertz CT molecular complexity index is 537. The van der Waals surface area contributed by atoms with Crippen molar-refractivity contribution >= 4 is 27.3 Å². The maximum Gasteiger partial charge on any atom is 0.252 e. The van der Waals surface area contributed by atoms with Crippen LogP contribution in [0.4, 0.5) is 0 Å². The number of nitrogens with one attached hydrogen (secondary N) is 2. The van der Waals surface area contributed by atoms with E-state index in [0.29, 0.717) is 18.7 Å². The summed E-state index contributed by atoms with van der Waals surface area (Å²) in [5.41, 5.74) is 0.556. The number of thiophene rings is 1. The molecule has 0 aliphatic carbocycles. The van der Waals surface area contributed by atoms with E-state index in [1.165, 1.54) is 11.3 Å². The molecule has 2 heterocycles. The fourth-order valence-electron chi connectivity index (χ4n) is 2.06. The van der Waals surface area contributed by atoms with E-state index in [9.17, 15) is 13.2 Å².